The number of halogens is 1. The molecule has 0 aliphatic carbocycles. The molecule has 0 aromatic rings. The molecule has 1 aliphatic heterocycles. The van der Waals surface area contributed by atoms with Gasteiger partial charge in [0.05, 0.1) is 12.5 Å². The molecule has 1 rings (SSSR count). The molecule has 1 atom stereocenters. The van der Waals surface area contributed by atoms with Crippen LogP contribution in [-0.2, 0) is 9.53 Å². The number of carbonyl (C=O) groups is 1. The second-order valence-electron chi connectivity index (χ2n) is 3.07. The van der Waals surface area contributed by atoms with E-state index in [-0.39, 0.29) is 0 Å². The Morgan fingerprint density at radius 2 is 2.30 bits per heavy atom. The van der Waals surface area contributed by atoms with E-state index in [0.717, 1.165) is 0 Å². The number of carbonyl (C=O) groups excluding carboxylic acids is 1. The zero-order chi connectivity index (χ0) is 7.78. The highest BCUT2D eigenvalue weighted by atomic mass is 19.1. The number of alkyl halides is 1. The number of cyclic esters (lactones) is 1. The summed E-state index contributed by atoms with van der Waals surface area (Å²) in [5.74, 6) is -0.944. The van der Waals surface area contributed by atoms with E-state index in [4.69, 9.17) is 0 Å². The van der Waals surface area contributed by atoms with Crippen LogP contribution in [0.1, 0.15) is 20.3 Å². The molecule has 0 bridgehead atoms. The number of esters is 1. The van der Waals surface area contributed by atoms with Crippen molar-refractivity contribution in [3.63, 3.8) is 0 Å². The summed E-state index contributed by atoms with van der Waals surface area (Å²) in [7, 11) is 0. The number of ether oxygens (including phenoxy) is 1. The molecule has 1 fully saturated rings. The molecular weight excluding hydrogens is 135 g/mol. The van der Waals surface area contributed by atoms with Crippen molar-refractivity contribution < 1.29 is 13.9 Å². The van der Waals surface area contributed by atoms with Crippen LogP contribution in [0.15, 0.2) is 0 Å². The average molecular weight is 146 g/mol. The summed E-state index contributed by atoms with van der Waals surface area (Å²) in [6.45, 7) is 3.19. The molecule has 1 saturated heterocycles. The molecule has 0 amide bonds. The minimum Gasteiger partial charge on any atom is -0.465 e. The van der Waals surface area contributed by atoms with Crippen LogP contribution in [-0.4, -0.2) is 18.2 Å². The zero-order valence-corrected chi connectivity index (χ0v) is 6.19. The fourth-order valence-corrected chi connectivity index (χ4v) is 1.12. The Kier molecular flexibility index (Phi) is 1.67. The molecular formula is C7H11FO2. The van der Waals surface area contributed by atoms with Gasteiger partial charge < -0.3 is 4.74 Å². The summed E-state index contributed by atoms with van der Waals surface area (Å²) in [6.07, 6.45) is 0.516. The fraction of sp³-hybridized carbons (Fsp3) is 0.857. The predicted octanol–water partition coefficient (Wildman–Crippen LogP) is 1.30. The van der Waals surface area contributed by atoms with Gasteiger partial charge in [-0.05, 0) is 20.3 Å². The molecule has 3 heteroatoms. The lowest BCUT2D eigenvalue weighted by Gasteiger charge is -2.17. The van der Waals surface area contributed by atoms with Gasteiger partial charge in [0.1, 0.15) is 5.67 Å². The second kappa shape index (κ2) is 2.22. The Labute approximate surface area is 59.4 Å². The largest absolute Gasteiger partial charge is 0.465 e. The molecule has 2 nitrogen and oxygen atoms in total. The van der Waals surface area contributed by atoms with E-state index >= 15 is 0 Å². The van der Waals surface area contributed by atoms with Gasteiger partial charge in [0.15, 0.2) is 0 Å². The molecule has 0 spiro atoms. The highest BCUT2D eigenvalue weighted by molar-refractivity contribution is 5.75. The minimum atomic E-state index is -1.42. The summed E-state index contributed by atoms with van der Waals surface area (Å²) in [5, 5.41) is 0. The van der Waals surface area contributed by atoms with Crippen molar-refractivity contribution in [3.05, 3.63) is 0 Å². The van der Waals surface area contributed by atoms with Crippen LogP contribution in [0.4, 0.5) is 4.39 Å². The van der Waals surface area contributed by atoms with Crippen LogP contribution in [0.25, 0.3) is 0 Å². The van der Waals surface area contributed by atoms with E-state index in [2.05, 4.69) is 4.74 Å². The SMILES string of the molecule is CC(C)(F)C1CCOC1=O. The van der Waals surface area contributed by atoms with Gasteiger partial charge in [-0.3, -0.25) is 4.79 Å². The maximum absolute atomic E-state index is 13.0. The van der Waals surface area contributed by atoms with Gasteiger partial charge in [-0.2, -0.15) is 0 Å². The summed E-state index contributed by atoms with van der Waals surface area (Å²) in [6, 6.07) is 0. The zero-order valence-electron chi connectivity index (χ0n) is 6.19. The van der Waals surface area contributed by atoms with Gasteiger partial charge in [-0.15, -0.1) is 0 Å². The topological polar surface area (TPSA) is 26.3 Å². The molecule has 1 aliphatic rings. The van der Waals surface area contributed by atoms with Crippen LogP contribution in [0.2, 0.25) is 0 Å². The van der Waals surface area contributed by atoms with E-state index in [1.54, 1.807) is 0 Å². The van der Waals surface area contributed by atoms with E-state index in [1.807, 2.05) is 0 Å². The first-order valence-electron chi connectivity index (χ1n) is 3.37. The first-order chi connectivity index (χ1) is 4.52. The van der Waals surface area contributed by atoms with E-state index in [0.29, 0.717) is 13.0 Å². The maximum Gasteiger partial charge on any atom is 0.312 e. The van der Waals surface area contributed by atoms with Gasteiger partial charge in [-0.1, -0.05) is 0 Å². The highest BCUT2D eigenvalue weighted by Gasteiger charge is 2.39. The lowest BCUT2D eigenvalue weighted by atomic mass is 9.92. The van der Waals surface area contributed by atoms with Gasteiger partial charge in [0.2, 0.25) is 0 Å². The van der Waals surface area contributed by atoms with E-state index < -0.39 is 17.6 Å². The molecule has 0 aromatic carbocycles. The summed E-state index contributed by atoms with van der Waals surface area (Å²) < 4.78 is 17.7. The predicted molar refractivity (Wildman–Crippen MR) is 34.3 cm³/mol. The Bertz CT molecular complexity index is 148. The first-order valence-corrected chi connectivity index (χ1v) is 3.37. The third kappa shape index (κ3) is 1.28. The van der Waals surface area contributed by atoms with Gasteiger partial charge in [0, 0.05) is 0 Å². The minimum absolute atomic E-state index is 0.372. The Morgan fingerprint density at radius 1 is 1.70 bits per heavy atom. The quantitative estimate of drug-likeness (QED) is 0.521. The van der Waals surface area contributed by atoms with Crippen LogP contribution < -0.4 is 0 Å². The summed E-state index contributed by atoms with van der Waals surface area (Å²) in [5.41, 5.74) is -1.42. The van der Waals surface area contributed by atoms with Crippen molar-refractivity contribution in [3.8, 4) is 0 Å². The molecule has 0 saturated carbocycles. The Morgan fingerprint density at radius 3 is 2.50 bits per heavy atom. The smallest absolute Gasteiger partial charge is 0.312 e. The summed E-state index contributed by atoms with van der Waals surface area (Å²) in [4.78, 5) is 10.8. The molecule has 0 N–H and O–H groups in total. The van der Waals surface area contributed by atoms with Crippen molar-refractivity contribution in [2.24, 2.45) is 5.92 Å². The van der Waals surface area contributed by atoms with Gasteiger partial charge in [0.25, 0.3) is 0 Å². The summed E-state index contributed by atoms with van der Waals surface area (Å²) >= 11 is 0. The second-order valence-corrected chi connectivity index (χ2v) is 3.07. The molecule has 1 unspecified atom stereocenters. The third-order valence-electron chi connectivity index (χ3n) is 1.76. The Balaban J connectivity index is 2.64. The number of hydrogen-bond donors (Lipinski definition) is 0. The van der Waals surface area contributed by atoms with Crippen molar-refractivity contribution in [1.29, 1.82) is 0 Å². The number of hydrogen-bond acceptors (Lipinski definition) is 2. The molecule has 10 heavy (non-hydrogen) atoms. The molecule has 1 heterocycles. The third-order valence-corrected chi connectivity index (χ3v) is 1.76. The van der Waals surface area contributed by atoms with Crippen LogP contribution in [0, 0.1) is 5.92 Å². The average Bonchev–Trinajstić information content (AvgIpc) is 2.11. The van der Waals surface area contributed by atoms with Gasteiger partial charge in [-0.25, -0.2) is 4.39 Å². The standard InChI is InChI=1S/C7H11FO2/c1-7(2,8)5-3-4-10-6(5)9/h5H,3-4H2,1-2H3. The highest BCUT2D eigenvalue weighted by Crippen LogP contribution is 2.29. The van der Waals surface area contributed by atoms with Crippen LogP contribution >= 0.6 is 0 Å². The monoisotopic (exact) mass is 146 g/mol. The molecule has 58 valence electrons. The molecule has 0 aromatic heterocycles. The normalized spacial score (nSPS) is 26.7. The van der Waals surface area contributed by atoms with E-state index in [9.17, 15) is 9.18 Å². The van der Waals surface area contributed by atoms with Crippen LogP contribution in [0.5, 0.6) is 0 Å². The van der Waals surface area contributed by atoms with E-state index in [1.165, 1.54) is 13.8 Å². The lowest BCUT2D eigenvalue weighted by molar-refractivity contribution is -0.144. The molecule has 0 radical (unpaired) electrons. The van der Waals surface area contributed by atoms with Crippen molar-refractivity contribution in [2.75, 3.05) is 6.61 Å². The lowest BCUT2D eigenvalue weighted by Crippen LogP contribution is -2.29. The van der Waals surface area contributed by atoms with Gasteiger partial charge >= 0.3 is 5.97 Å². The van der Waals surface area contributed by atoms with Crippen molar-refractivity contribution in [2.45, 2.75) is 25.9 Å². The maximum atomic E-state index is 13.0. The Hall–Kier alpha value is -0.600. The first kappa shape index (κ1) is 7.51. The van der Waals surface area contributed by atoms with Crippen molar-refractivity contribution >= 4 is 5.97 Å². The fourth-order valence-electron chi connectivity index (χ4n) is 1.12. The van der Waals surface area contributed by atoms with Crippen molar-refractivity contribution in [1.82, 2.24) is 0 Å². The number of rotatable bonds is 1. The van der Waals surface area contributed by atoms with Crippen LogP contribution in [0.3, 0.4) is 0 Å².